The topological polar surface area (TPSA) is 35.2 Å². The van der Waals surface area contributed by atoms with Crippen molar-refractivity contribution in [2.24, 2.45) is 5.73 Å². The number of ether oxygens (including phenoxy) is 1. The Labute approximate surface area is 83.6 Å². The Morgan fingerprint density at radius 1 is 1.33 bits per heavy atom. The summed E-state index contributed by atoms with van der Waals surface area (Å²) in [6.07, 6.45) is -4.89. The minimum atomic E-state index is -4.89. The van der Waals surface area contributed by atoms with Gasteiger partial charge in [-0.05, 0) is 24.6 Å². The van der Waals surface area contributed by atoms with E-state index in [1.54, 1.807) is 6.92 Å². The second-order valence-electron chi connectivity index (χ2n) is 3.03. The van der Waals surface area contributed by atoms with Gasteiger partial charge >= 0.3 is 6.36 Å². The minimum absolute atomic E-state index is 0.405. The van der Waals surface area contributed by atoms with Crippen LogP contribution < -0.4 is 10.5 Å². The Morgan fingerprint density at radius 3 is 2.33 bits per heavy atom. The van der Waals surface area contributed by atoms with Crippen molar-refractivity contribution in [3.8, 4) is 5.75 Å². The van der Waals surface area contributed by atoms with Crippen LogP contribution in [-0.4, -0.2) is 6.36 Å². The molecule has 1 atom stereocenters. The lowest BCUT2D eigenvalue weighted by Gasteiger charge is -2.11. The summed E-state index contributed by atoms with van der Waals surface area (Å²) in [6, 6.07) is 2.67. The third-order valence-corrected chi connectivity index (χ3v) is 1.71. The highest BCUT2D eigenvalue weighted by atomic mass is 19.4. The highest BCUT2D eigenvalue weighted by molar-refractivity contribution is 5.30. The van der Waals surface area contributed by atoms with E-state index in [4.69, 9.17) is 5.73 Å². The van der Waals surface area contributed by atoms with E-state index in [1.165, 1.54) is 6.07 Å². The van der Waals surface area contributed by atoms with Gasteiger partial charge in [0.25, 0.3) is 0 Å². The van der Waals surface area contributed by atoms with Gasteiger partial charge in [-0.25, -0.2) is 4.39 Å². The van der Waals surface area contributed by atoms with Crippen LogP contribution >= 0.6 is 0 Å². The molecule has 0 fully saturated rings. The molecule has 0 aliphatic heterocycles. The fourth-order valence-electron chi connectivity index (χ4n) is 1.01. The minimum Gasteiger partial charge on any atom is -0.403 e. The van der Waals surface area contributed by atoms with Crippen molar-refractivity contribution in [2.45, 2.75) is 19.3 Å². The first-order valence-electron chi connectivity index (χ1n) is 4.10. The molecular weight excluding hydrogens is 214 g/mol. The number of nitrogens with two attached hydrogens (primary N) is 1. The molecule has 0 heterocycles. The molecule has 84 valence electrons. The summed E-state index contributed by atoms with van der Waals surface area (Å²) in [7, 11) is 0. The molecule has 6 heteroatoms. The molecule has 2 nitrogen and oxygen atoms in total. The fourth-order valence-corrected chi connectivity index (χ4v) is 1.01. The number of benzene rings is 1. The molecule has 0 amide bonds. The molecule has 0 aromatic heterocycles. The second-order valence-corrected chi connectivity index (χ2v) is 3.03. The molecule has 0 spiro atoms. The molecular formula is C9H9F4NO. The van der Waals surface area contributed by atoms with E-state index in [-0.39, 0.29) is 0 Å². The average molecular weight is 223 g/mol. The molecule has 0 aliphatic carbocycles. The van der Waals surface area contributed by atoms with E-state index in [2.05, 4.69) is 4.74 Å². The standard InChI is InChI=1S/C9H9F4NO/c1-5(14)6-2-3-8(7(10)4-6)15-9(11,12)13/h2-5H,14H2,1H3. The maximum Gasteiger partial charge on any atom is 0.573 e. The third kappa shape index (κ3) is 3.39. The fraction of sp³-hybridized carbons (Fsp3) is 0.333. The van der Waals surface area contributed by atoms with E-state index < -0.39 is 24.0 Å². The molecule has 1 unspecified atom stereocenters. The molecule has 0 bridgehead atoms. The van der Waals surface area contributed by atoms with Gasteiger partial charge in [-0.3, -0.25) is 0 Å². The van der Waals surface area contributed by atoms with Crippen LogP contribution in [-0.2, 0) is 0 Å². The number of halogens is 4. The smallest absolute Gasteiger partial charge is 0.403 e. The third-order valence-electron chi connectivity index (χ3n) is 1.71. The summed E-state index contributed by atoms with van der Waals surface area (Å²) < 4.78 is 51.8. The van der Waals surface area contributed by atoms with Crippen LogP contribution in [0.1, 0.15) is 18.5 Å². The van der Waals surface area contributed by atoms with Crippen molar-refractivity contribution in [2.75, 3.05) is 0 Å². The van der Waals surface area contributed by atoms with E-state index in [0.717, 1.165) is 12.1 Å². The summed E-state index contributed by atoms with van der Waals surface area (Å²) in [6.45, 7) is 1.60. The average Bonchev–Trinajstić information content (AvgIpc) is 2.05. The molecule has 0 saturated heterocycles. The van der Waals surface area contributed by atoms with Gasteiger partial charge in [0.15, 0.2) is 11.6 Å². The van der Waals surface area contributed by atoms with E-state index in [1.807, 2.05) is 0 Å². The van der Waals surface area contributed by atoms with Gasteiger partial charge in [0, 0.05) is 6.04 Å². The summed E-state index contributed by atoms with van der Waals surface area (Å²) in [4.78, 5) is 0. The Kier molecular flexibility index (Phi) is 3.18. The van der Waals surface area contributed by atoms with Crippen LogP contribution in [0, 0.1) is 5.82 Å². The molecule has 0 aliphatic rings. The molecule has 1 rings (SSSR count). The van der Waals surface area contributed by atoms with Crippen molar-refractivity contribution in [1.82, 2.24) is 0 Å². The predicted octanol–water partition coefficient (Wildman–Crippen LogP) is 2.74. The first-order chi connectivity index (χ1) is 6.79. The van der Waals surface area contributed by atoms with E-state index in [0.29, 0.717) is 5.56 Å². The summed E-state index contributed by atoms with van der Waals surface area (Å²) >= 11 is 0. The summed E-state index contributed by atoms with van der Waals surface area (Å²) in [5.41, 5.74) is 5.83. The van der Waals surface area contributed by atoms with Crippen molar-refractivity contribution < 1.29 is 22.3 Å². The zero-order valence-electron chi connectivity index (χ0n) is 7.81. The van der Waals surface area contributed by atoms with E-state index in [9.17, 15) is 17.6 Å². The van der Waals surface area contributed by atoms with Gasteiger partial charge in [-0.2, -0.15) is 0 Å². The zero-order chi connectivity index (χ0) is 11.6. The summed E-state index contributed by atoms with van der Waals surface area (Å²) in [5.74, 6) is -1.94. The monoisotopic (exact) mass is 223 g/mol. The van der Waals surface area contributed by atoms with Crippen LogP contribution in [0.25, 0.3) is 0 Å². The molecule has 0 saturated carbocycles. The predicted molar refractivity (Wildman–Crippen MR) is 45.7 cm³/mol. The van der Waals surface area contributed by atoms with Gasteiger partial charge in [0.2, 0.25) is 0 Å². The normalized spacial score (nSPS) is 13.7. The summed E-state index contributed by atoms with van der Waals surface area (Å²) in [5, 5.41) is 0. The highest BCUT2D eigenvalue weighted by Gasteiger charge is 2.32. The van der Waals surface area contributed by atoms with Crippen LogP contribution in [0.2, 0.25) is 0 Å². The Balaban J connectivity index is 2.94. The van der Waals surface area contributed by atoms with Crippen molar-refractivity contribution in [1.29, 1.82) is 0 Å². The van der Waals surface area contributed by atoms with Gasteiger partial charge in [0.05, 0.1) is 0 Å². The van der Waals surface area contributed by atoms with Crippen LogP contribution in [0.4, 0.5) is 17.6 Å². The molecule has 2 N–H and O–H groups in total. The lowest BCUT2D eigenvalue weighted by atomic mass is 10.1. The SMILES string of the molecule is CC(N)c1ccc(OC(F)(F)F)c(F)c1. The Morgan fingerprint density at radius 2 is 1.93 bits per heavy atom. The van der Waals surface area contributed by atoms with Gasteiger partial charge < -0.3 is 10.5 Å². The number of alkyl halides is 3. The largest absolute Gasteiger partial charge is 0.573 e. The van der Waals surface area contributed by atoms with E-state index >= 15 is 0 Å². The van der Waals surface area contributed by atoms with Crippen molar-refractivity contribution in [3.05, 3.63) is 29.6 Å². The molecule has 15 heavy (non-hydrogen) atoms. The Hall–Kier alpha value is -1.30. The van der Waals surface area contributed by atoms with Crippen LogP contribution in [0.15, 0.2) is 18.2 Å². The lowest BCUT2D eigenvalue weighted by Crippen LogP contribution is -2.18. The molecule has 1 aromatic carbocycles. The second kappa shape index (κ2) is 4.06. The highest BCUT2D eigenvalue weighted by Crippen LogP contribution is 2.27. The molecule has 0 radical (unpaired) electrons. The van der Waals surface area contributed by atoms with Gasteiger partial charge in [-0.1, -0.05) is 6.07 Å². The maximum atomic E-state index is 13.1. The zero-order valence-corrected chi connectivity index (χ0v) is 7.81. The van der Waals surface area contributed by atoms with Crippen LogP contribution in [0.3, 0.4) is 0 Å². The number of hydrogen-bond donors (Lipinski definition) is 1. The van der Waals surface area contributed by atoms with Crippen LogP contribution in [0.5, 0.6) is 5.75 Å². The Bertz CT molecular complexity index is 348. The quantitative estimate of drug-likeness (QED) is 0.782. The first kappa shape index (κ1) is 11.8. The van der Waals surface area contributed by atoms with Gasteiger partial charge in [0.1, 0.15) is 0 Å². The molecule has 1 aromatic rings. The number of rotatable bonds is 2. The van der Waals surface area contributed by atoms with Crippen molar-refractivity contribution >= 4 is 0 Å². The number of hydrogen-bond acceptors (Lipinski definition) is 2. The van der Waals surface area contributed by atoms with Crippen molar-refractivity contribution in [3.63, 3.8) is 0 Å². The van der Waals surface area contributed by atoms with Gasteiger partial charge in [-0.15, -0.1) is 13.2 Å². The maximum absolute atomic E-state index is 13.1. The lowest BCUT2D eigenvalue weighted by molar-refractivity contribution is -0.275. The first-order valence-corrected chi connectivity index (χ1v) is 4.10.